The molecule has 7 heteroatoms. The van der Waals surface area contributed by atoms with Crippen molar-refractivity contribution in [3.05, 3.63) is 29.8 Å². The van der Waals surface area contributed by atoms with Crippen molar-refractivity contribution in [2.75, 3.05) is 19.6 Å². The Morgan fingerprint density at radius 2 is 1.87 bits per heavy atom. The molecule has 4 nitrogen and oxygen atoms in total. The van der Waals surface area contributed by atoms with Gasteiger partial charge < -0.3 is 15.0 Å². The molecular formula is C16H21F3N2O2. The van der Waals surface area contributed by atoms with Crippen molar-refractivity contribution in [3.63, 3.8) is 0 Å². The molecule has 1 aromatic rings. The minimum atomic E-state index is -4.67. The number of hydrogen-bond donors (Lipinski definition) is 1. The van der Waals surface area contributed by atoms with Gasteiger partial charge in [0.25, 0.3) is 0 Å². The number of halogens is 3. The summed E-state index contributed by atoms with van der Waals surface area (Å²) in [4.78, 5) is 13.7. The number of ether oxygens (including phenoxy) is 1. The highest BCUT2D eigenvalue weighted by atomic mass is 19.4. The molecule has 0 unspecified atom stereocenters. The fraction of sp³-hybridized carbons (Fsp3) is 0.562. The zero-order valence-electron chi connectivity index (χ0n) is 12.9. The van der Waals surface area contributed by atoms with Crippen LogP contribution in [0.3, 0.4) is 0 Å². The fourth-order valence-electron chi connectivity index (χ4n) is 2.53. The van der Waals surface area contributed by atoms with Gasteiger partial charge in [-0.3, -0.25) is 4.79 Å². The van der Waals surface area contributed by atoms with Gasteiger partial charge in [0, 0.05) is 32.6 Å². The molecule has 0 radical (unpaired) electrons. The van der Waals surface area contributed by atoms with Crippen LogP contribution in [0.2, 0.25) is 0 Å². The molecule has 1 saturated heterocycles. The summed E-state index contributed by atoms with van der Waals surface area (Å²) in [5.74, 6) is -0.0191. The third-order valence-corrected chi connectivity index (χ3v) is 3.72. The van der Waals surface area contributed by atoms with Gasteiger partial charge in [0.05, 0.1) is 0 Å². The standard InChI is InChI=1S/C16H21F3N2O2/c17-16(18,19)23-14-7-5-13(6-8-14)12-20-9-11-21-10-3-1-2-4-15(21)22/h5-8,20H,1-4,9-12H2. The quantitative estimate of drug-likeness (QED) is 0.815. The molecule has 0 bridgehead atoms. The van der Waals surface area contributed by atoms with Gasteiger partial charge in [0.1, 0.15) is 5.75 Å². The van der Waals surface area contributed by atoms with E-state index in [0.29, 0.717) is 26.1 Å². The minimum absolute atomic E-state index is 0.206. The fourth-order valence-corrected chi connectivity index (χ4v) is 2.53. The Labute approximate surface area is 133 Å². The third-order valence-electron chi connectivity index (χ3n) is 3.72. The van der Waals surface area contributed by atoms with Gasteiger partial charge in [-0.25, -0.2) is 0 Å². The van der Waals surface area contributed by atoms with E-state index in [1.54, 1.807) is 12.1 Å². The van der Waals surface area contributed by atoms with E-state index in [1.165, 1.54) is 12.1 Å². The Kier molecular flexibility index (Phi) is 6.27. The summed E-state index contributed by atoms with van der Waals surface area (Å²) in [5, 5.41) is 3.20. The van der Waals surface area contributed by atoms with Gasteiger partial charge in [-0.1, -0.05) is 18.6 Å². The van der Waals surface area contributed by atoms with Crippen LogP contribution in [0.25, 0.3) is 0 Å². The first-order chi connectivity index (χ1) is 10.9. The second-order valence-electron chi connectivity index (χ2n) is 5.56. The van der Waals surface area contributed by atoms with E-state index in [-0.39, 0.29) is 11.7 Å². The van der Waals surface area contributed by atoms with Gasteiger partial charge in [-0.15, -0.1) is 13.2 Å². The van der Waals surface area contributed by atoms with E-state index < -0.39 is 6.36 Å². The maximum atomic E-state index is 12.1. The first-order valence-electron chi connectivity index (χ1n) is 7.77. The molecule has 1 heterocycles. The molecule has 0 aromatic heterocycles. The summed E-state index contributed by atoms with van der Waals surface area (Å²) in [6.07, 6.45) is -0.927. The van der Waals surface area contributed by atoms with Crippen molar-refractivity contribution < 1.29 is 22.7 Å². The number of hydrogen-bond acceptors (Lipinski definition) is 3. The van der Waals surface area contributed by atoms with Crippen LogP contribution in [0.15, 0.2) is 24.3 Å². The van der Waals surface area contributed by atoms with Crippen LogP contribution in [0, 0.1) is 0 Å². The highest BCUT2D eigenvalue weighted by Gasteiger charge is 2.30. The second-order valence-corrected chi connectivity index (χ2v) is 5.56. The van der Waals surface area contributed by atoms with Crippen LogP contribution in [-0.2, 0) is 11.3 Å². The van der Waals surface area contributed by atoms with Crippen LogP contribution in [0.5, 0.6) is 5.75 Å². The molecule has 1 N–H and O–H groups in total. The second kappa shape index (κ2) is 8.19. The zero-order valence-corrected chi connectivity index (χ0v) is 12.9. The van der Waals surface area contributed by atoms with E-state index in [4.69, 9.17) is 0 Å². The first-order valence-corrected chi connectivity index (χ1v) is 7.77. The van der Waals surface area contributed by atoms with Crippen LogP contribution in [0.4, 0.5) is 13.2 Å². The van der Waals surface area contributed by atoms with Crippen molar-refractivity contribution in [1.82, 2.24) is 10.2 Å². The maximum Gasteiger partial charge on any atom is 0.573 e. The molecular weight excluding hydrogens is 309 g/mol. The maximum absolute atomic E-state index is 12.1. The lowest BCUT2D eigenvalue weighted by Crippen LogP contribution is -2.36. The summed E-state index contributed by atoms with van der Waals surface area (Å²) in [5.41, 5.74) is 0.863. The highest BCUT2D eigenvalue weighted by Crippen LogP contribution is 2.22. The van der Waals surface area contributed by atoms with Crippen LogP contribution >= 0.6 is 0 Å². The number of likely N-dealkylation sites (tertiary alicyclic amines) is 1. The summed E-state index contributed by atoms with van der Waals surface area (Å²) < 4.78 is 40.0. The number of nitrogens with one attached hydrogen (secondary N) is 1. The topological polar surface area (TPSA) is 41.6 Å². The van der Waals surface area contributed by atoms with Gasteiger partial charge in [-0.2, -0.15) is 0 Å². The number of nitrogens with zero attached hydrogens (tertiary/aromatic N) is 1. The molecule has 2 rings (SSSR count). The van der Waals surface area contributed by atoms with Crippen molar-refractivity contribution in [2.45, 2.75) is 38.6 Å². The molecule has 0 aliphatic carbocycles. The molecule has 1 aromatic carbocycles. The normalized spacial score (nSPS) is 16.3. The van der Waals surface area contributed by atoms with Crippen molar-refractivity contribution >= 4 is 5.91 Å². The molecule has 1 aliphatic heterocycles. The van der Waals surface area contributed by atoms with Crippen LogP contribution in [0.1, 0.15) is 31.2 Å². The van der Waals surface area contributed by atoms with Crippen molar-refractivity contribution in [2.24, 2.45) is 0 Å². The number of rotatable bonds is 6. The smallest absolute Gasteiger partial charge is 0.406 e. The summed E-state index contributed by atoms with van der Waals surface area (Å²) in [6.45, 7) is 2.67. The summed E-state index contributed by atoms with van der Waals surface area (Å²) in [7, 11) is 0. The lowest BCUT2D eigenvalue weighted by Gasteiger charge is -2.20. The van der Waals surface area contributed by atoms with E-state index in [1.807, 2.05) is 4.90 Å². The Balaban J connectivity index is 1.70. The molecule has 128 valence electrons. The minimum Gasteiger partial charge on any atom is -0.406 e. The monoisotopic (exact) mass is 330 g/mol. The van der Waals surface area contributed by atoms with E-state index in [0.717, 1.165) is 31.4 Å². The molecule has 0 spiro atoms. The number of alkyl halides is 3. The predicted molar refractivity (Wildman–Crippen MR) is 79.9 cm³/mol. The molecule has 23 heavy (non-hydrogen) atoms. The number of carbonyl (C=O) groups is 1. The van der Waals surface area contributed by atoms with Gasteiger partial charge in [-0.05, 0) is 30.5 Å². The summed E-state index contributed by atoms with van der Waals surface area (Å²) in [6, 6.07) is 5.77. The van der Waals surface area contributed by atoms with Crippen LogP contribution < -0.4 is 10.1 Å². The van der Waals surface area contributed by atoms with E-state index >= 15 is 0 Å². The zero-order chi connectivity index (χ0) is 16.7. The number of amides is 1. The third kappa shape index (κ3) is 6.48. The number of benzene rings is 1. The van der Waals surface area contributed by atoms with Crippen molar-refractivity contribution in [1.29, 1.82) is 0 Å². The SMILES string of the molecule is O=C1CCCCCN1CCNCc1ccc(OC(F)(F)F)cc1. The molecule has 1 aliphatic rings. The Hall–Kier alpha value is -1.76. The van der Waals surface area contributed by atoms with Gasteiger partial charge in [0.2, 0.25) is 5.91 Å². The van der Waals surface area contributed by atoms with Gasteiger partial charge in [0.15, 0.2) is 0 Å². The Morgan fingerprint density at radius 3 is 2.57 bits per heavy atom. The lowest BCUT2D eigenvalue weighted by atomic mass is 10.2. The molecule has 0 saturated carbocycles. The first kappa shape index (κ1) is 17.6. The van der Waals surface area contributed by atoms with Crippen LogP contribution in [-0.4, -0.2) is 36.8 Å². The molecule has 1 amide bonds. The van der Waals surface area contributed by atoms with E-state index in [9.17, 15) is 18.0 Å². The van der Waals surface area contributed by atoms with Crippen molar-refractivity contribution in [3.8, 4) is 5.75 Å². The lowest BCUT2D eigenvalue weighted by molar-refractivity contribution is -0.274. The van der Waals surface area contributed by atoms with Gasteiger partial charge >= 0.3 is 6.36 Å². The molecule has 0 atom stereocenters. The Morgan fingerprint density at radius 1 is 1.13 bits per heavy atom. The highest BCUT2D eigenvalue weighted by molar-refractivity contribution is 5.76. The average Bonchev–Trinajstić information content (AvgIpc) is 2.68. The predicted octanol–water partition coefficient (Wildman–Crippen LogP) is 3.08. The summed E-state index contributed by atoms with van der Waals surface area (Å²) >= 11 is 0. The number of carbonyl (C=O) groups excluding carboxylic acids is 1. The van der Waals surface area contributed by atoms with E-state index in [2.05, 4.69) is 10.1 Å². The molecule has 1 fully saturated rings. The average molecular weight is 330 g/mol. The Bertz CT molecular complexity index is 503. The largest absolute Gasteiger partial charge is 0.573 e.